The van der Waals surface area contributed by atoms with Gasteiger partial charge in [0, 0.05) is 26.0 Å². The highest BCUT2D eigenvalue weighted by Crippen LogP contribution is 2.27. The lowest BCUT2D eigenvalue weighted by Crippen LogP contribution is -2.62. The van der Waals surface area contributed by atoms with Crippen molar-refractivity contribution in [1.29, 1.82) is 0 Å². The second kappa shape index (κ2) is 13.5. The van der Waals surface area contributed by atoms with Gasteiger partial charge in [-0.3, -0.25) is 34.2 Å². The van der Waals surface area contributed by atoms with Crippen LogP contribution in [0.5, 0.6) is 0 Å². The summed E-state index contributed by atoms with van der Waals surface area (Å²) in [5, 5.41) is 11.6. The van der Waals surface area contributed by atoms with Gasteiger partial charge in [0.05, 0.1) is 10.9 Å². The molecular formula is C33H45N7O5. The van der Waals surface area contributed by atoms with Crippen LogP contribution in [-0.4, -0.2) is 90.6 Å². The van der Waals surface area contributed by atoms with Crippen molar-refractivity contribution in [2.24, 2.45) is 11.3 Å². The van der Waals surface area contributed by atoms with Crippen LogP contribution in [0.2, 0.25) is 0 Å². The summed E-state index contributed by atoms with van der Waals surface area (Å²) in [4.78, 5) is 59.0. The van der Waals surface area contributed by atoms with Crippen LogP contribution >= 0.6 is 0 Å². The van der Waals surface area contributed by atoms with Crippen LogP contribution < -0.4 is 21.1 Å². The first-order valence-corrected chi connectivity index (χ1v) is 15.8. The van der Waals surface area contributed by atoms with Gasteiger partial charge in [-0.2, -0.15) is 0 Å². The van der Waals surface area contributed by atoms with Crippen LogP contribution in [0, 0.1) is 11.3 Å². The Morgan fingerprint density at radius 2 is 1.78 bits per heavy atom. The fraction of sp³-hybridized carbons (Fsp3) is 0.545. The van der Waals surface area contributed by atoms with Gasteiger partial charge in [-0.15, -0.1) is 0 Å². The molecular weight excluding hydrogens is 574 g/mol. The number of esters is 1. The number of amides is 3. The maximum absolute atomic E-state index is 13.6. The molecule has 0 spiro atoms. The van der Waals surface area contributed by atoms with Gasteiger partial charge in [-0.25, -0.2) is 10.4 Å². The topological polar surface area (TPSA) is 136 Å². The highest BCUT2D eigenvalue weighted by Gasteiger charge is 2.37. The molecule has 2 aromatic rings. The largest absolute Gasteiger partial charge is 0.452 e. The number of carbonyl (C=O) groups excluding carboxylic acids is 4. The van der Waals surface area contributed by atoms with Crippen molar-refractivity contribution in [1.82, 2.24) is 31.1 Å². The number of carbonyl (C=O) groups is 4. The van der Waals surface area contributed by atoms with Crippen molar-refractivity contribution in [3.63, 3.8) is 0 Å². The number of nitrogens with zero attached hydrogens (tertiary/aromatic N) is 4. The molecule has 1 aromatic carbocycles. The standard InChI is InChI=1S/C33H45N7O5/c1-21-30(42)40-17-7-9-25(37-40)31(43)39(5)38(4)28-13-12-24-11-10-22(18-26(24)36-28)14-15-33(2,3)32(44)45-27(29(41)35-21)19-23-8-6-16-34-20-23/h10-15,18,21,23,25,27,34,37H,6-9,16-17,19-20H2,1-5H3,(H,35,41)/b15-14+/t21-,23?,25-,27+/m0/s1. The molecule has 3 N–H and O–H groups in total. The average Bonchev–Trinajstić information content (AvgIpc) is 3.05. The summed E-state index contributed by atoms with van der Waals surface area (Å²) < 4.78 is 5.92. The predicted octanol–water partition coefficient (Wildman–Crippen LogP) is 2.40. The molecule has 1 unspecified atom stereocenters. The van der Waals surface area contributed by atoms with E-state index in [9.17, 15) is 19.2 Å². The van der Waals surface area contributed by atoms with Crippen molar-refractivity contribution in [2.45, 2.75) is 71.1 Å². The predicted molar refractivity (Wildman–Crippen MR) is 171 cm³/mol. The number of benzene rings is 1. The first-order chi connectivity index (χ1) is 21.4. The fourth-order valence-electron chi connectivity index (χ4n) is 5.95. The van der Waals surface area contributed by atoms with Crippen LogP contribution in [0.25, 0.3) is 17.0 Å². The number of rotatable bonds is 2. The SMILES string of the molecule is C[C@@H]1NC(=O)[C@@H](CC2CCCNC2)OC(=O)C(C)(C)/C=C/c2ccc3ccc(nc3c2)N(C)N(C)C(=O)[C@@H]2CCCN(N2)C1=O. The van der Waals surface area contributed by atoms with Crippen LogP contribution in [0.1, 0.15) is 58.4 Å². The molecule has 5 rings (SSSR count). The number of nitrogens with one attached hydrogen (secondary N) is 3. The number of aromatic nitrogens is 1. The van der Waals surface area contributed by atoms with E-state index < -0.39 is 35.5 Å². The first kappa shape index (κ1) is 32.4. The normalized spacial score (nSPS) is 27.7. The second-order valence-electron chi connectivity index (χ2n) is 12.9. The van der Waals surface area contributed by atoms with Crippen molar-refractivity contribution >= 4 is 46.5 Å². The van der Waals surface area contributed by atoms with E-state index >= 15 is 0 Å². The number of ether oxygens (including phenoxy) is 1. The first-order valence-electron chi connectivity index (χ1n) is 15.8. The monoisotopic (exact) mass is 619 g/mol. The van der Waals surface area contributed by atoms with E-state index in [4.69, 9.17) is 9.72 Å². The fourth-order valence-corrected chi connectivity index (χ4v) is 5.95. The molecule has 0 aliphatic carbocycles. The number of pyridine rings is 1. The van der Waals surface area contributed by atoms with Gasteiger partial charge < -0.3 is 15.4 Å². The molecule has 45 heavy (non-hydrogen) atoms. The highest BCUT2D eigenvalue weighted by molar-refractivity contribution is 5.91. The summed E-state index contributed by atoms with van der Waals surface area (Å²) in [6.07, 6.45) is 5.96. The summed E-state index contributed by atoms with van der Waals surface area (Å²) in [6.45, 7) is 7.15. The van der Waals surface area contributed by atoms with Gasteiger partial charge in [0.2, 0.25) is 0 Å². The zero-order valence-corrected chi connectivity index (χ0v) is 26.8. The number of anilines is 1. The summed E-state index contributed by atoms with van der Waals surface area (Å²) in [5.74, 6) is -0.899. The Bertz CT molecular complexity index is 1470. The summed E-state index contributed by atoms with van der Waals surface area (Å²) in [7, 11) is 3.44. The quantitative estimate of drug-likeness (QED) is 0.433. The van der Waals surface area contributed by atoms with E-state index in [1.54, 1.807) is 46.0 Å². The van der Waals surface area contributed by atoms with Crippen LogP contribution in [0.3, 0.4) is 0 Å². The number of fused-ring (bicyclic) bond motifs is 4. The maximum atomic E-state index is 13.6. The van der Waals surface area contributed by atoms with E-state index in [1.807, 2.05) is 36.4 Å². The molecule has 12 heteroatoms. The van der Waals surface area contributed by atoms with Crippen molar-refractivity contribution in [3.05, 3.63) is 42.0 Å². The zero-order valence-electron chi connectivity index (χ0n) is 26.8. The lowest BCUT2D eigenvalue weighted by Gasteiger charge is -2.38. The molecule has 4 atom stereocenters. The van der Waals surface area contributed by atoms with E-state index in [1.165, 1.54) is 10.0 Å². The van der Waals surface area contributed by atoms with Crippen molar-refractivity contribution in [3.8, 4) is 0 Å². The number of likely N-dealkylation sites (N-methyl/N-ethyl adjacent to an activating group) is 1. The third kappa shape index (κ3) is 7.45. The summed E-state index contributed by atoms with van der Waals surface area (Å²) in [5.41, 5.74) is 3.61. The van der Waals surface area contributed by atoms with Gasteiger partial charge in [-0.05, 0) is 95.6 Å². The Hall–Kier alpha value is -4.03. The van der Waals surface area contributed by atoms with Gasteiger partial charge in [-0.1, -0.05) is 24.3 Å². The Morgan fingerprint density at radius 1 is 1.00 bits per heavy atom. The Labute approximate surface area is 264 Å². The molecule has 3 aliphatic heterocycles. The molecule has 5 bridgehead atoms. The van der Waals surface area contributed by atoms with E-state index in [-0.39, 0.29) is 17.7 Å². The minimum absolute atomic E-state index is 0.155. The van der Waals surface area contributed by atoms with E-state index in [0.717, 1.165) is 42.4 Å². The number of hydrogen-bond acceptors (Lipinski definition) is 9. The molecule has 2 saturated heterocycles. The highest BCUT2D eigenvalue weighted by atomic mass is 16.5. The lowest BCUT2D eigenvalue weighted by molar-refractivity contribution is -0.163. The third-order valence-electron chi connectivity index (χ3n) is 8.99. The van der Waals surface area contributed by atoms with Crippen LogP contribution in [0.15, 0.2) is 36.4 Å². The average molecular weight is 620 g/mol. The third-order valence-corrected chi connectivity index (χ3v) is 8.99. The van der Waals surface area contributed by atoms with Gasteiger partial charge in [0.25, 0.3) is 17.7 Å². The molecule has 3 amide bonds. The summed E-state index contributed by atoms with van der Waals surface area (Å²) in [6, 6.07) is 8.08. The molecule has 2 fully saturated rings. The molecule has 242 valence electrons. The molecule has 3 aliphatic rings. The Balaban J connectivity index is 1.49. The minimum atomic E-state index is -1.06. The van der Waals surface area contributed by atoms with Gasteiger partial charge in [0.1, 0.15) is 17.9 Å². The molecule has 12 nitrogen and oxygen atoms in total. The van der Waals surface area contributed by atoms with Crippen molar-refractivity contribution in [2.75, 3.05) is 38.7 Å². The Morgan fingerprint density at radius 3 is 2.53 bits per heavy atom. The van der Waals surface area contributed by atoms with Crippen LogP contribution in [0.4, 0.5) is 5.82 Å². The molecule has 4 heterocycles. The number of cyclic esters (lactones) is 1. The molecule has 0 radical (unpaired) electrons. The Kier molecular flexibility index (Phi) is 9.73. The van der Waals surface area contributed by atoms with Crippen molar-refractivity contribution < 1.29 is 23.9 Å². The zero-order chi connectivity index (χ0) is 32.3. The summed E-state index contributed by atoms with van der Waals surface area (Å²) >= 11 is 0. The maximum Gasteiger partial charge on any atom is 0.316 e. The molecule has 1 aromatic heterocycles. The second-order valence-corrected chi connectivity index (χ2v) is 12.9. The number of hydrazine groups is 2. The minimum Gasteiger partial charge on any atom is -0.452 e. The van der Waals surface area contributed by atoms with E-state index in [2.05, 4.69) is 16.1 Å². The smallest absolute Gasteiger partial charge is 0.316 e. The van der Waals surface area contributed by atoms with E-state index in [0.29, 0.717) is 31.6 Å². The van der Waals surface area contributed by atoms with Crippen LogP contribution in [-0.2, 0) is 23.9 Å². The lowest BCUT2D eigenvalue weighted by atomic mass is 9.91. The number of hydrogen-bond donors (Lipinski definition) is 3. The number of piperidine rings is 1. The van der Waals surface area contributed by atoms with Gasteiger partial charge >= 0.3 is 5.97 Å². The molecule has 0 saturated carbocycles. The van der Waals surface area contributed by atoms with Gasteiger partial charge in [0.15, 0.2) is 6.10 Å².